The van der Waals surface area contributed by atoms with E-state index in [1.54, 1.807) is 36.4 Å². The van der Waals surface area contributed by atoms with E-state index in [9.17, 15) is 14.4 Å². The first-order chi connectivity index (χ1) is 17.5. The Hall–Kier alpha value is -4.07. The summed E-state index contributed by atoms with van der Waals surface area (Å²) in [7, 11) is 1.26. The van der Waals surface area contributed by atoms with E-state index in [0.29, 0.717) is 0 Å². The number of pyridine rings is 1. The number of esters is 1. The number of hydrogen-bond acceptors (Lipinski definition) is 5. The lowest BCUT2D eigenvalue weighted by Crippen LogP contribution is -2.47. The molecular formula is C28H28FN3O4. The maximum absolute atomic E-state index is 15.2. The van der Waals surface area contributed by atoms with Crippen molar-refractivity contribution in [1.29, 1.82) is 0 Å². The number of anilines is 1. The molecule has 1 saturated carbocycles. The Morgan fingerprint density at radius 3 is 2.44 bits per heavy atom. The third kappa shape index (κ3) is 5.59. The molecule has 3 aromatic rings. The number of rotatable bonds is 7. The number of ether oxygens (including phenoxy) is 1. The van der Waals surface area contributed by atoms with Gasteiger partial charge in [-0.05, 0) is 49.2 Å². The molecule has 1 atom stereocenters. The van der Waals surface area contributed by atoms with Crippen LogP contribution in [0.2, 0.25) is 0 Å². The van der Waals surface area contributed by atoms with E-state index in [1.807, 2.05) is 0 Å². The molecule has 8 heteroatoms. The van der Waals surface area contributed by atoms with Gasteiger partial charge in [-0.15, -0.1) is 0 Å². The summed E-state index contributed by atoms with van der Waals surface area (Å²) < 4.78 is 20.0. The molecule has 0 bridgehead atoms. The number of nitrogens with zero attached hydrogens (tertiary/aromatic N) is 2. The molecule has 1 aliphatic carbocycles. The van der Waals surface area contributed by atoms with Gasteiger partial charge in [-0.2, -0.15) is 0 Å². The van der Waals surface area contributed by atoms with Crippen molar-refractivity contribution < 1.29 is 23.5 Å². The lowest BCUT2D eigenvalue weighted by molar-refractivity contribution is -0.123. The molecule has 1 aromatic heterocycles. The van der Waals surface area contributed by atoms with Crippen molar-refractivity contribution >= 4 is 23.5 Å². The maximum Gasteiger partial charge on any atom is 0.337 e. The zero-order valence-electron chi connectivity index (χ0n) is 20.0. The minimum Gasteiger partial charge on any atom is -0.465 e. The minimum absolute atomic E-state index is 0.0403. The minimum atomic E-state index is -1.34. The summed E-state index contributed by atoms with van der Waals surface area (Å²) in [5, 5.41) is 3.04. The molecule has 4 rings (SSSR count). The van der Waals surface area contributed by atoms with Crippen LogP contribution in [-0.2, 0) is 9.53 Å². The third-order valence-corrected chi connectivity index (χ3v) is 6.31. The Bertz CT molecular complexity index is 1230. The van der Waals surface area contributed by atoms with E-state index in [4.69, 9.17) is 4.74 Å². The van der Waals surface area contributed by atoms with E-state index < -0.39 is 29.6 Å². The number of amides is 2. The molecule has 1 heterocycles. The number of halogens is 1. The van der Waals surface area contributed by atoms with Gasteiger partial charge in [0.2, 0.25) is 5.91 Å². The average Bonchev–Trinajstić information content (AvgIpc) is 2.92. The highest BCUT2D eigenvalue weighted by Crippen LogP contribution is 2.32. The van der Waals surface area contributed by atoms with Crippen LogP contribution in [0.25, 0.3) is 0 Å². The smallest absolute Gasteiger partial charge is 0.337 e. The molecule has 2 aromatic carbocycles. The van der Waals surface area contributed by atoms with Crippen molar-refractivity contribution in [3.63, 3.8) is 0 Å². The van der Waals surface area contributed by atoms with Gasteiger partial charge >= 0.3 is 5.97 Å². The highest BCUT2D eigenvalue weighted by Gasteiger charge is 2.36. The van der Waals surface area contributed by atoms with Crippen molar-refractivity contribution in [3.05, 3.63) is 95.6 Å². The molecule has 1 aliphatic rings. The Morgan fingerprint density at radius 2 is 1.75 bits per heavy atom. The summed E-state index contributed by atoms with van der Waals surface area (Å²) in [5.41, 5.74) is 0.542. The number of hydrogen-bond donors (Lipinski definition) is 1. The average molecular weight is 490 g/mol. The maximum atomic E-state index is 15.2. The second kappa shape index (κ2) is 11.6. The van der Waals surface area contributed by atoms with Crippen LogP contribution in [0, 0.1) is 5.82 Å². The quantitative estimate of drug-likeness (QED) is 0.480. The normalized spacial score (nSPS) is 14.5. The Kier molecular flexibility index (Phi) is 8.05. The molecule has 2 amide bonds. The van der Waals surface area contributed by atoms with Crippen molar-refractivity contribution in [1.82, 2.24) is 10.3 Å². The molecule has 0 unspecified atom stereocenters. The third-order valence-electron chi connectivity index (χ3n) is 6.31. The van der Waals surface area contributed by atoms with Crippen molar-refractivity contribution in [2.75, 3.05) is 12.0 Å². The molecule has 0 radical (unpaired) electrons. The van der Waals surface area contributed by atoms with Gasteiger partial charge in [0.25, 0.3) is 5.91 Å². The number of aromatic nitrogens is 1. The summed E-state index contributed by atoms with van der Waals surface area (Å²) in [6.45, 7) is 0. The fraction of sp³-hybridized carbons (Fsp3) is 0.286. The van der Waals surface area contributed by atoms with Crippen molar-refractivity contribution in [3.8, 4) is 0 Å². The zero-order valence-corrected chi connectivity index (χ0v) is 20.0. The largest absolute Gasteiger partial charge is 0.465 e. The topological polar surface area (TPSA) is 88.6 Å². The van der Waals surface area contributed by atoms with Gasteiger partial charge in [0.05, 0.1) is 12.7 Å². The van der Waals surface area contributed by atoms with Crippen LogP contribution in [0.15, 0.2) is 72.9 Å². The lowest BCUT2D eigenvalue weighted by atomic mass is 9.94. The van der Waals surface area contributed by atoms with Gasteiger partial charge in [-0.25, -0.2) is 9.18 Å². The van der Waals surface area contributed by atoms with Crippen LogP contribution < -0.4 is 10.2 Å². The molecular weight excluding hydrogens is 461 g/mol. The van der Waals surface area contributed by atoms with Crippen LogP contribution >= 0.6 is 0 Å². The van der Waals surface area contributed by atoms with Gasteiger partial charge in [-0.1, -0.05) is 49.6 Å². The monoisotopic (exact) mass is 489 g/mol. The van der Waals surface area contributed by atoms with Gasteiger partial charge < -0.3 is 10.1 Å². The van der Waals surface area contributed by atoms with E-state index in [1.165, 1.54) is 48.5 Å². The summed E-state index contributed by atoms with van der Waals surface area (Å²) in [6, 6.07) is 15.5. The van der Waals surface area contributed by atoms with Gasteiger partial charge in [0, 0.05) is 23.5 Å². The van der Waals surface area contributed by atoms with Gasteiger partial charge in [0.1, 0.15) is 17.6 Å². The van der Waals surface area contributed by atoms with Gasteiger partial charge in [0.15, 0.2) is 0 Å². The van der Waals surface area contributed by atoms with E-state index in [0.717, 1.165) is 32.1 Å². The first-order valence-corrected chi connectivity index (χ1v) is 12.0. The summed E-state index contributed by atoms with van der Waals surface area (Å²) in [6.07, 6.45) is 6.20. The molecule has 7 nitrogen and oxygen atoms in total. The number of methoxy groups -OCH3 is 1. The molecule has 0 aliphatic heterocycles. The highest BCUT2D eigenvalue weighted by molar-refractivity contribution is 6.09. The van der Waals surface area contributed by atoms with Gasteiger partial charge in [-0.3, -0.25) is 19.5 Å². The molecule has 0 spiro atoms. The molecule has 186 valence electrons. The Morgan fingerprint density at radius 1 is 1.00 bits per heavy atom. The number of carbonyl (C=O) groups is 3. The molecule has 0 saturated heterocycles. The number of nitrogens with one attached hydrogen (secondary N) is 1. The predicted octanol–water partition coefficient (Wildman–Crippen LogP) is 4.84. The van der Waals surface area contributed by atoms with Crippen LogP contribution in [0.3, 0.4) is 0 Å². The van der Waals surface area contributed by atoms with E-state index >= 15 is 4.39 Å². The Labute approximate surface area is 209 Å². The second-order valence-electron chi connectivity index (χ2n) is 8.70. The fourth-order valence-corrected chi connectivity index (χ4v) is 4.52. The molecule has 1 N–H and O–H groups in total. The summed E-state index contributed by atoms with van der Waals surface area (Å²) in [5.74, 6) is -2.33. The first-order valence-electron chi connectivity index (χ1n) is 12.0. The van der Waals surface area contributed by atoms with Crippen LogP contribution in [-0.4, -0.2) is 35.9 Å². The summed E-state index contributed by atoms with van der Waals surface area (Å²) >= 11 is 0. The van der Waals surface area contributed by atoms with Crippen molar-refractivity contribution in [2.45, 2.75) is 44.2 Å². The predicted molar refractivity (Wildman–Crippen MR) is 133 cm³/mol. The van der Waals surface area contributed by atoms with Crippen molar-refractivity contribution in [2.24, 2.45) is 0 Å². The summed E-state index contributed by atoms with van der Waals surface area (Å²) in [4.78, 5) is 45.3. The zero-order chi connectivity index (χ0) is 25.5. The second-order valence-corrected chi connectivity index (χ2v) is 8.70. The van der Waals surface area contributed by atoms with Crippen LogP contribution in [0.5, 0.6) is 0 Å². The van der Waals surface area contributed by atoms with E-state index in [2.05, 4.69) is 10.3 Å². The first kappa shape index (κ1) is 25.0. The fourth-order valence-electron chi connectivity index (χ4n) is 4.52. The molecule has 1 fully saturated rings. The van der Waals surface area contributed by atoms with E-state index in [-0.39, 0.29) is 28.6 Å². The SMILES string of the molecule is COC(=O)c1cccc(N(C(=O)c2ccccn2)[C@@H](C(=O)NC2CCCCC2)c2ccccc2F)c1. The lowest BCUT2D eigenvalue weighted by Gasteiger charge is -2.33. The standard InChI is InChI=1S/C28H28FN3O4/c1-36-28(35)19-10-9-13-21(18-19)32(27(34)24-16-7-8-17-30-24)25(22-14-5-6-15-23(22)29)26(33)31-20-11-3-2-4-12-20/h5-10,13-18,20,25H,2-4,11-12H2,1H3,(H,31,33)/t25-/m1/s1. The highest BCUT2D eigenvalue weighted by atomic mass is 19.1. The molecule has 36 heavy (non-hydrogen) atoms. The number of benzene rings is 2. The Balaban J connectivity index is 1.85. The van der Waals surface area contributed by atoms with Crippen LogP contribution in [0.1, 0.15) is 64.6 Å². The van der Waals surface area contributed by atoms with Crippen LogP contribution in [0.4, 0.5) is 10.1 Å². The number of carbonyl (C=O) groups excluding carboxylic acids is 3.